The number of alkyl halides is 3. The zero-order valence-corrected chi connectivity index (χ0v) is 15.4. The molecule has 2 aliphatic carbocycles. The number of ether oxygens (including phenoxy) is 1. The van der Waals surface area contributed by atoms with Gasteiger partial charge in [-0.1, -0.05) is 12.8 Å². The van der Waals surface area contributed by atoms with Crippen LogP contribution in [0.1, 0.15) is 44.1 Å². The Morgan fingerprint density at radius 1 is 1.21 bits per heavy atom. The number of rotatable bonds is 6. The number of hydrogen-bond acceptors (Lipinski definition) is 5. The lowest BCUT2D eigenvalue weighted by molar-refractivity contribution is -0.137. The van der Waals surface area contributed by atoms with Crippen molar-refractivity contribution in [2.24, 2.45) is 11.3 Å². The molecule has 2 saturated carbocycles. The molecule has 3 N–H and O–H groups in total. The number of aliphatic hydroxyl groups is 2. The van der Waals surface area contributed by atoms with Gasteiger partial charge in [-0.25, -0.2) is 4.98 Å². The summed E-state index contributed by atoms with van der Waals surface area (Å²) in [5.74, 6) is -0.0309. The van der Waals surface area contributed by atoms with Gasteiger partial charge in [-0.15, -0.1) is 0 Å². The van der Waals surface area contributed by atoms with Crippen molar-refractivity contribution < 1.29 is 32.9 Å². The fourth-order valence-corrected chi connectivity index (χ4v) is 4.02. The molecule has 0 spiro atoms. The van der Waals surface area contributed by atoms with Crippen LogP contribution < -0.4 is 10.1 Å². The maximum atomic E-state index is 12.6. The molecule has 0 aliphatic heterocycles. The second-order valence-corrected chi connectivity index (χ2v) is 7.91. The topological polar surface area (TPSA) is 91.7 Å². The molecular weight excluding hydrogens is 377 g/mol. The maximum absolute atomic E-state index is 12.6. The maximum Gasteiger partial charge on any atom is 0.417 e. The molecule has 0 saturated heterocycles. The number of amides is 1. The largest absolute Gasteiger partial charge is 0.477 e. The van der Waals surface area contributed by atoms with E-state index >= 15 is 0 Å². The number of carbonyl (C=O) groups excluding carboxylic acids is 1. The van der Waals surface area contributed by atoms with Crippen LogP contribution in [0.3, 0.4) is 0 Å². The SMILES string of the molecule is O=C(NCC1(COc2ccc(C(F)(F)F)cn2)CC(O)C(O)C1)C1CCCC1. The van der Waals surface area contributed by atoms with Crippen LogP contribution in [0.15, 0.2) is 18.3 Å². The minimum atomic E-state index is -4.48. The van der Waals surface area contributed by atoms with E-state index in [1.165, 1.54) is 0 Å². The molecular formula is C19H25F3N2O4. The van der Waals surface area contributed by atoms with Crippen LogP contribution in [-0.2, 0) is 11.0 Å². The van der Waals surface area contributed by atoms with E-state index in [9.17, 15) is 28.2 Å². The number of aromatic nitrogens is 1. The lowest BCUT2D eigenvalue weighted by atomic mass is 9.86. The van der Waals surface area contributed by atoms with E-state index < -0.39 is 29.4 Å². The minimum absolute atomic E-state index is 0.00852. The lowest BCUT2D eigenvalue weighted by Crippen LogP contribution is -2.42. The fraction of sp³-hybridized carbons (Fsp3) is 0.684. The second kappa shape index (κ2) is 8.24. The standard InChI is InChI=1S/C19H25F3N2O4/c20-19(21,22)13-5-6-16(23-9-13)28-11-18(7-14(25)15(26)8-18)10-24-17(27)12-3-1-2-4-12/h5-6,9,12,14-15,25-26H,1-4,7-8,10-11H2,(H,24,27). The van der Waals surface area contributed by atoms with Gasteiger partial charge in [0.2, 0.25) is 11.8 Å². The van der Waals surface area contributed by atoms with E-state index in [1.54, 1.807) is 0 Å². The van der Waals surface area contributed by atoms with Gasteiger partial charge in [0.05, 0.1) is 24.4 Å². The van der Waals surface area contributed by atoms with E-state index in [0.717, 1.165) is 37.8 Å². The molecule has 1 aromatic heterocycles. The molecule has 9 heteroatoms. The van der Waals surface area contributed by atoms with Gasteiger partial charge >= 0.3 is 6.18 Å². The van der Waals surface area contributed by atoms with Crippen molar-refractivity contribution in [1.29, 1.82) is 0 Å². The predicted molar refractivity (Wildman–Crippen MR) is 93.4 cm³/mol. The molecule has 156 valence electrons. The van der Waals surface area contributed by atoms with Crippen LogP contribution >= 0.6 is 0 Å². The highest BCUT2D eigenvalue weighted by Gasteiger charge is 2.45. The highest BCUT2D eigenvalue weighted by atomic mass is 19.4. The summed E-state index contributed by atoms with van der Waals surface area (Å²) in [7, 11) is 0. The molecule has 2 aliphatic rings. The highest BCUT2D eigenvalue weighted by Crippen LogP contribution is 2.39. The first-order valence-corrected chi connectivity index (χ1v) is 9.48. The lowest BCUT2D eigenvalue weighted by Gasteiger charge is -2.29. The molecule has 0 radical (unpaired) electrons. The van der Waals surface area contributed by atoms with Crippen LogP contribution in [0.2, 0.25) is 0 Å². The Kier molecular flexibility index (Phi) is 6.14. The molecule has 1 amide bonds. The van der Waals surface area contributed by atoms with Gasteiger partial charge in [0.1, 0.15) is 0 Å². The smallest absolute Gasteiger partial charge is 0.417 e. The number of pyridine rings is 1. The van der Waals surface area contributed by atoms with Crippen LogP contribution in [0.25, 0.3) is 0 Å². The molecule has 3 rings (SSSR count). The molecule has 0 bridgehead atoms. The Morgan fingerprint density at radius 3 is 2.39 bits per heavy atom. The van der Waals surface area contributed by atoms with Gasteiger partial charge in [-0.3, -0.25) is 4.79 Å². The summed E-state index contributed by atoms with van der Waals surface area (Å²) < 4.78 is 43.4. The first-order chi connectivity index (χ1) is 13.2. The van der Waals surface area contributed by atoms with Gasteiger partial charge < -0.3 is 20.3 Å². The average Bonchev–Trinajstić information content (AvgIpc) is 3.27. The van der Waals surface area contributed by atoms with Crippen molar-refractivity contribution in [2.45, 2.75) is 56.9 Å². The molecule has 2 atom stereocenters. The van der Waals surface area contributed by atoms with E-state index in [-0.39, 0.29) is 43.7 Å². The fourth-order valence-electron chi connectivity index (χ4n) is 4.02. The highest BCUT2D eigenvalue weighted by molar-refractivity contribution is 5.78. The van der Waals surface area contributed by atoms with Crippen molar-refractivity contribution >= 4 is 5.91 Å². The molecule has 2 unspecified atom stereocenters. The van der Waals surface area contributed by atoms with Gasteiger partial charge in [0.15, 0.2) is 0 Å². The zero-order chi connectivity index (χ0) is 20.4. The number of hydrogen-bond donors (Lipinski definition) is 3. The molecule has 2 fully saturated rings. The Hall–Kier alpha value is -1.87. The van der Waals surface area contributed by atoms with E-state index in [1.807, 2.05) is 0 Å². The summed E-state index contributed by atoms with van der Waals surface area (Å²) in [6.45, 7) is 0.238. The van der Waals surface area contributed by atoms with E-state index in [0.29, 0.717) is 6.20 Å². The predicted octanol–water partition coefficient (Wildman–Crippen LogP) is 2.29. The Morgan fingerprint density at radius 2 is 1.86 bits per heavy atom. The number of halogens is 3. The summed E-state index contributed by atoms with van der Waals surface area (Å²) in [4.78, 5) is 16.0. The molecule has 1 aromatic rings. The Bertz CT molecular complexity index is 665. The van der Waals surface area contributed by atoms with Crippen LogP contribution in [-0.4, -0.2) is 46.5 Å². The normalized spacial score (nSPS) is 28.5. The number of nitrogens with zero attached hydrogens (tertiary/aromatic N) is 1. The minimum Gasteiger partial charge on any atom is -0.477 e. The summed E-state index contributed by atoms with van der Waals surface area (Å²) in [5.41, 5.74) is -1.58. The molecule has 1 heterocycles. The van der Waals surface area contributed by atoms with Gasteiger partial charge in [-0.05, 0) is 31.7 Å². The average molecular weight is 402 g/mol. The summed E-state index contributed by atoms with van der Waals surface area (Å²) in [6, 6.07) is 2.02. The van der Waals surface area contributed by atoms with E-state index in [2.05, 4.69) is 10.3 Å². The Labute approximate surface area is 161 Å². The quantitative estimate of drug-likeness (QED) is 0.679. The van der Waals surface area contributed by atoms with Crippen molar-refractivity contribution in [3.05, 3.63) is 23.9 Å². The van der Waals surface area contributed by atoms with Crippen molar-refractivity contribution in [2.75, 3.05) is 13.2 Å². The van der Waals surface area contributed by atoms with Crippen molar-refractivity contribution in [3.63, 3.8) is 0 Å². The molecule has 0 aromatic carbocycles. The van der Waals surface area contributed by atoms with Gasteiger partial charge in [0.25, 0.3) is 0 Å². The number of nitrogens with one attached hydrogen (secondary N) is 1. The summed E-state index contributed by atoms with van der Waals surface area (Å²) >= 11 is 0. The third-order valence-corrected chi connectivity index (χ3v) is 5.68. The molecule has 28 heavy (non-hydrogen) atoms. The number of aliphatic hydroxyl groups excluding tert-OH is 2. The molecule has 6 nitrogen and oxygen atoms in total. The first-order valence-electron chi connectivity index (χ1n) is 9.48. The zero-order valence-electron chi connectivity index (χ0n) is 15.4. The van der Waals surface area contributed by atoms with Gasteiger partial charge in [0, 0.05) is 30.1 Å². The third-order valence-electron chi connectivity index (χ3n) is 5.68. The van der Waals surface area contributed by atoms with Crippen LogP contribution in [0.5, 0.6) is 5.88 Å². The van der Waals surface area contributed by atoms with Crippen molar-refractivity contribution in [1.82, 2.24) is 10.3 Å². The first kappa shape index (κ1) is 20.9. The van der Waals surface area contributed by atoms with Gasteiger partial charge in [-0.2, -0.15) is 13.2 Å². The second-order valence-electron chi connectivity index (χ2n) is 7.91. The van der Waals surface area contributed by atoms with Crippen molar-refractivity contribution in [3.8, 4) is 5.88 Å². The number of carbonyl (C=O) groups is 1. The Balaban J connectivity index is 1.62. The van der Waals surface area contributed by atoms with Crippen LogP contribution in [0, 0.1) is 11.3 Å². The summed E-state index contributed by atoms with van der Waals surface area (Å²) in [5, 5.41) is 22.9. The van der Waals surface area contributed by atoms with E-state index in [4.69, 9.17) is 4.74 Å². The summed E-state index contributed by atoms with van der Waals surface area (Å²) in [6.07, 6.45) is -1.43. The monoisotopic (exact) mass is 402 g/mol. The third kappa shape index (κ3) is 4.94. The van der Waals surface area contributed by atoms with Crippen LogP contribution in [0.4, 0.5) is 13.2 Å².